The molecule has 76 valence electrons. The zero-order chi connectivity index (χ0) is 9.98. The van der Waals surface area contributed by atoms with E-state index in [1.807, 2.05) is 0 Å². The highest BCUT2D eigenvalue weighted by Crippen LogP contribution is 1.98. The predicted molar refractivity (Wildman–Crippen MR) is 61.0 cm³/mol. The van der Waals surface area contributed by atoms with Crippen LogP contribution in [0.1, 0.15) is 0 Å². The Kier molecular flexibility index (Phi) is 16.5. The van der Waals surface area contributed by atoms with Crippen molar-refractivity contribution in [3.63, 3.8) is 0 Å². The molecule has 0 aromatic carbocycles. The summed E-state index contributed by atoms with van der Waals surface area (Å²) in [5.41, 5.74) is 0. The molecule has 0 saturated carbocycles. The number of hydrogen-bond donors (Lipinski definition) is 2. The number of halogens is 4. The highest BCUT2D eigenvalue weighted by Gasteiger charge is 1.95. The molecule has 2 atom stereocenters. The van der Waals surface area contributed by atoms with Crippen LogP contribution in [0.15, 0.2) is 0 Å². The molecule has 0 aromatic heterocycles. The quantitative estimate of drug-likeness (QED) is 0.764. The van der Waals surface area contributed by atoms with Crippen LogP contribution in [0.3, 0.4) is 0 Å². The zero-order valence-electron chi connectivity index (χ0n) is 6.39. The van der Waals surface area contributed by atoms with Crippen LogP contribution in [0.2, 0.25) is 0 Å². The first-order valence-corrected chi connectivity index (χ1v) is 6.24. The largest absolute Gasteiger partial charge is 0.395 e. The molecule has 0 aliphatic heterocycles. The van der Waals surface area contributed by atoms with Gasteiger partial charge >= 0.3 is 0 Å². The molecule has 2 nitrogen and oxygen atoms in total. The monoisotopic (exact) mass is 344 g/mol. The lowest BCUT2D eigenvalue weighted by Gasteiger charge is -1.94. The molecule has 0 bridgehead atoms. The number of aliphatic hydroxyl groups excluding tert-OH is 2. The third kappa shape index (κ3) is 14.0. The first-order chi connectivity index (χ1) is 5.62. The SMILES string of the molecule is OCC(Br)CCl.OCC(Cl)CBr. The van der Waals surface area contributed by atoms with Crippen LogP contribution in [0.25, 0.3) is 0 Å². The Hall–Kier alpha value is 1.46. The maximum Gasteiger partial charge on any atom is 0.0663 e. The van der Waals surface area contributed by atoms with E-state index in [9.17, 15) is 0 Å². The average Bonchev–Trinajstić information content (AvgIpc) is 2.16. The Balaban J connectivity index is 0. The summed E-state index contributed by atoms with van der Waals surface area (Å²) in [5, 5.41) is 16.9. The van der Waals surface area contributed by atoms with Crippen LogP contribution >= 0.6 is 55.1 Å². The van der Waals surface area contributed by atoms with E-state index in [-0.39, 0.29) is 23.4 Å². The topological polar surface area (TPSA) is 40.5 Å². The lowest BCUT2D eigenvalue weighted by Crippen LogP contribution is -2.04. The summed E-state index contributed by atoms with van der Waals surface area (Å²) < 4.78 is 0. The minimum atomic E-state index is -0.120. The van der Waals surface area contributed by atoms with Gasteiger partial charge in [-0.2, -0.15) is 0 Å². The molecule has 0 radical (unpaired) electrons. The molecule has 0 aromatic rings. The highest BCUT2D eigenvalue weighted by atomic mass is 79.9. The van der Waals surface area contributed by atoms with Gasteiger partial charge in [0, 0.05) is 11.2 Å². The molecule has 12 heavy (non-hydrogen) atoms. The third-order valence-electron chi connectivity index (χ3n) is 0.731. The second-order valence-corrected chi connectivity index (χ2v) is 4.74. The molecular weight excluding hydrogens is 335 g/mol. The van der Waals surface area contributed by atoms with E-state index >= 15 is 0 Å². The van der Waals surface area contributed by atoms with Crippen molar-refractivity contribution in [2.75, 3.05) is 24.4 Å². The summed E-state index contributed by atoms with van der Waals surface area (Å²) in [4.78, 5) is 0.0687. The number of rotatable bonds is 4. The van der Waals surface area contributed by atoms with Gasteiger partial charge in [-0.25, -0.2) is 0 Å². The van der Waals surface area contributed by atoms with Crippen molar-refractivity contribution in [2.24, 2.45) is 0 Å². The molecule has 0 rings (SSSR count). The highest BCUT2D eigenvalue weighted by molar-refractivity contribution is 9.09. The lowest BCUT2D eigenvalue weighted by molar-refractivity contribution is 0.299. The van der Waals surface area contributed by atoms with Gasteiger partial charge in [0.25, 0.3) is 0 Å². The first-order valence-electron chi connectivity index (χ1n) is 3.24. The summed E-state index contributed by atoms with van der Waals surface area (Å²) >= 11 is 16.8. The second kappa shape index (κ2) is 12.5. The van der Waals surface area contributed by atoms with E-state index in [2.05, 4.69) is 31.9 Å². The van der Waals surface area contributed by atoms with Crippen molar-refractivity contribution in [3.8, 4) is 0 Å². The van der Waals surface area contributed by atoms with E-state index in [4.69, 9.17) is 33.4 Å². The molecule has 0 fully saturated rings. The molecule has 2 N–H and O–H groups in total. The van der Waals surface area contributed by atoms with Crippen molar-refractivity contribution < 1.29 is 10.2 Å². The average molecular weight is 347 g/mol. The Bertz CT molecular complexity index is 69.9. The molecule has 6 heteroatoms. The van der Waals surface area contributed by atoms with E-state index < -0.39 is 0 Å². The first kappa shape index (κ1) is 15.9. The van der Waals surface area contributed by atoms with Crippen molar-refractivity contribution in [1.82, 2.24) is 0 Å². The maximum atomic E-state index is 8.20. The smallest absolute Gasteiger partial charge is 0.0663 e. The van der Waals surface area contributed by atoms with Gasteiger partial charge in [-0.1, -0.05) is 31.9 Å². The summed E-state index contributed by atoms with van der Waals surface area (Å²) in [6.07, 6.45) is 0. The van der Waals surface area contributed by atoms with Crippen molar-refractivity contribution in [2.45, 2.75) is 10.2 Å². The molecule has 2 unspecified atom stereocenters. The Labute approximate surface area is 99.5 Å². The van der Waals surface area contributed by atoms with Gasteiger partial charge in [0.1, 0.15) is 0 Å². The Morgan fingerprint density at radius 1 is 1.25 bits per heavy atom. The van der Waals surface area contributed by atoms with Gasteiger partial charge in [-0.05, 0) is 0 Å². The minimum Gasteiger partial charge on any atom is -0.395 e. The van der Waals surface area contributed by atoms with Gasteiger partial charge in [-0.3, -0.25) is 0 Å². The summed E-state index contributed by atoms with van der Waals surface area (Å²) in [6.45, 7) is 0.163. The predicted octanol–water partition coefficient (Wildman–Crippen LogP) is 1.96. The van der Waals surface area contributed by atoms with Gasteiger partial charge < -0.3 is 10.2 Å². The van der Waals surface area contributed by atoms with E-state index in [0.29, 0.717) is 11.2 Å². The van der Waals surface area contributed by atoms with E-state index in [0.717, 1.165) is 0 Å². The summed E-state index contributed by atoms with van der Waals surface area (Å²) in [7, 11) is 0. The third-order valence-corrected chi connectivity index (χ3v) is 3.54. The number of alkyl halides is 4. The molecule has 0 spiro atoms. The Morgan fingerprint density at radius 2 is 1.75 bits per heavy atom. The van der Waals surface area contributed by atoms with Gasteiger partial charge in [0.05, 0.1) is 23.4 Å². The van der Waals surface area contributed by atoms with Crippen LogP contribution in [-0.2, 0) is 0 Å². The lowest BCUT2D eigenvalue weighted by atomic mass is 10.5. The van der Waals surface area contributed by atoms with Gasteiger partial charge in [-0.15, -0.1) is 23.2 Å². The normalized spacial score (nSPS) is 14.5. The molecular formula is C6H12Br2Cl2O2. The fourth-order valence-electron chi connectivity index (χ4n) is 0.0976. The van der Waals surface area contributed by atoms with Crippen LogP contribution in [0, 0.1) is 0 Å². The minimum absolute atomic E-state index is 0.0484. The zero-order valence-corrected chi connectivity index (χ0v) is 11.1. The number of hydrogen-bond acceptors (Lipinski definition) is 2. The molecule has 0 aliphatic rings. The standard InChI is InChI=1S/2C3H6BrClO/c4-3(1-5)2-6;4-1-3(5)2-6/h2*3,6H,1-2H2. The van der Waals surface area contributed by atoms with Crippen molar-refractivity contribution in [3.05, 3.63) is 0 Å². The van der Waals surface area contributed by atoms with Gasteiger partial charge in [0.2, 0.25) is 0 Å². The van der Waals surface area contributed by atoms with Crippen LogP contribution < -0.4 is 0 Å². The maximum absolute atomic E-state index is 8.20. The Morgan fingerprint density at radius 3 is 1.75 bits per heavy atom. The molecule has 0 heterocycles. The fourth-order valence-corrected chi connectivity index (χ4v) is 0.400. The van der Waals surface area contributed by atoms with Crippen LogP contribution in [0.5, 0.6) is 0 Å². The van der Waals surface area contributed by atoms with Gasteiger partial charge in [0.15, 0.2) is 0 Å². The van der Waals surface area contributed by atoms with Crippen LogP contribution in [0.4, 0.5) is 0 Å². The fraction of sp³-hybridized carbons (Fsp3) is 1.00. The number of aliphatic hydroxyl groups is 2. The second-order valence-electron chi connectivity index (χ2n) is 1.87. The summed E-state index contributed by atoms with van der Waals surface area (Å²) in [5.74, 6) is 0.469. The molecule has 0 amide bonds. The van der Waals surface area contributed by atoms with Crippen LogP contribution in [-0.4, -0.2) is 44.8 Å². The molecule has 0 saturated heterocycles. The van der Waals surface area contributed by atoms with Crippen molar-refractivity contribution >= 4 is 55.1 Å². The van der Waals surface area contributed by atoms with E-state index in [1.54, 1.807) is 0 Å². The summed E-state index contributed by atoms with van der Waals surface area (Å²) in [6, 6.07) is 0. The molecule has 0 aliphatic carbocycles. The van der Waals surface area contributed by atoms with Crippen molar-refractivity contribution in [1.29, 1.82) is 0 Å². The van der Waals surface area contributed by atoms with E-state index in [1.165, 1.54) is 0 Å².